The number of benzene rings is 2. The third kappa shape index (κ3) is 4.49. The van der Waals surface area contributed by atoms with Gasteiger partial charge in [-0.1, -0.05) is 24.6 Å². The van der Waals surface area contributed by atoms with Crippen molar-refractivity contribution in [3.05, 3.63) is 53.6 Å². The van der Waals surface area contributed by atoms with Gasteiger partial charge in [0.2, 0.25) is 0 Å². The van der Waals surface area contributed by atoms with Crippen molar-refractivity contribution >= 4 is 5.91 Å². The molecule has 2 saturated heterocycles. The molecule has 166 valence electrons. The Kier molecular flexibility index (Phi) is 6.66. The second-order valence-corrected chi connectivity index (χ2v) is 8.39. The minimum atomic E-state index is 0.0215. The molecule has 0 radical (unpaired) electrons. The predicted molar refractivity (Wildman–Crippen MR) is 120 cm³/mol. The second-order valence-electron chi connectivity index (χ2n) is 8.39. The highest BCUT2D eigenvalue weighted by molar-refractivity contribution is 5.98. The molecule has 0 unspecified atom stereocenters. The molecular formula is C25H32N2O4. The maximum absolute atomic E-state index is 13.4. The fourth-order valence-electron chi connectivity index (χ4n) is 4.99. The number of hydrogen-bond donors (Lipinski definition) is 0. The molecule has 2 atom stereocenters. The number of methoxy groups -OCH3 is 3. The quantitative estimate of drug-likeness (QED) is 0.705. The van der Waals surface area contributed by atoms with Gasteiger partial charge in [-0.25, -0.2) is 0 Å². The maximum atomic E-state index is 13.4. The first-order valence-corrected chi connectivity index (χ1v) is 11.0. The number of likely N-dealkylation sites (tertiary alicyclic amines) is 2. The molecule has 2 aliphatic heterocycles. The van der Waals surface area contributed by atoms with Crippen LogP contribution in [-0.4, -0.2) is 62.7 Å². The van der Waals surface area contributed by atoms with Gasteiger partial charge in [-0.05, 0) is 55.1 Å². The Morgan fingerprint density at radius 1 is 0.968 bits per heavy atom. The Bertz CT molecular complexity index is 899. The van der Waals surface area contributed by atoms with Crippen LogP contribution in [0.2, 0.25) is 0 Å². The summed E-state index contributed by atoms with van der Waals surface area (Å²) in [5.74, 6) is 2.50. The predicted octanol–water partition coefficient (Wildman–Crippen LogP) is 3.84. The lowest BCUT2D eigenvalue weighted by Crippen LogP contribution is -2.40. The SMILES string of the molecule is COc1ccc(CN2CCCC[C@H]3CN(C(=O)c4cccc(OC)c4OC)C[C@H]32)cc1. The van der Waals surface area contributed by atoms with Crippen molar-refractivity contribution in [1.82, 2.24) is 9.80 Å². The first-order valence-electron chi connectivity index (χ1n) is 11.0. The normalized spacial score (nSPS) is 21.3. The summed E-state index contributed by atoms with van der Waals surface area (Å²) in [4.78, 5) is 18.0. The fourth-order valence-corrected chi connectivity index (χ4v) is 4.99. The average molecular weight is 425 g/mol. The van der Waals surface area contributed by atoms with Crippen LogP contribution in [0.4, 0.5) is 0 Å². The smallest absolute Gasteiger partial charge is 0.257 e. The van der Waals surface area contributed by atoms with Crippen LogP contribution in [0, 0.1) is 5.92 Å². The molecule has 0 bridgehead atoms. The van der Waals surface area contributed by atoms with Crippen molar-refractivity contribution in [2.24, 2.45) is 5.92 Å². The molecule has 31 heavy (non-hydrogen) atoms. The van der Waals surface area contributed by atoms with Gasteiger partial charge in [0.15, 0.2) is 11.5 Å². The van der Waals surface area contributed by atoms with E-state index in [0.29, 0.717) is 29.0 Å². The summed E-state index contributed by atoms with van der Waals surface area (Å²) in [5.41, 5.74) is 1.85. The van der Waals surface area contributed by atoms with E-state index in [1.165, 1.54) is 24.8 Å². The van der Waals surface area contributed by atoms with Crippen LogP contribution in [0.3, 0.4) is 0 Å². The van der Waals surface area contributed by atoms with E-state index in [4.69, 9.17) is 14.2 Å². The third-order valence-electron chi connectivity index (χ3n) is 6.61. The van der Waals surface area contributed by atoms with E-state index in [1.807, 2.05) is 35.2 Å². The Morgan fingerprint density at radius 3 is 2.48 bits per heavy atom. The van der Waals surface area contributed by atoms with Crippen LogP contribution >= 0.6 is 0 Å². The van der Waals surface area contributed by atoms with Crippen LogP contribution in [0.1, 0.15) is 35.2 Å². The number of carbonyl (C=O) groups is 1. The number of nitrogens with zero attached hydrogens (tertiary/aromatic N) is 2. The summed E-state index contributed by atoms with van der Waals surface area (Å²) in [5, 5.41) is 0. The summed E-state index contributed by atoms with van der Waals surface area (Å²) in [6.45, 7) is 3.51. The topological polar surface area (TPSA) is 51.2 Å². The molecule has 6 heteroatoms. The molecular weight excluding hydrogens is 392 g/mol. The van der Waals surface area contributed by atoms with Gasteiger partial charge in [0, 0.05) is 25.7 Å². The highest BCUT2D eigenvalue weighted by Gasteiger charge is 2.40. The molecule has 2 aromatic carbocycles. The number of fused-ring (bicyclic) bond motifs is 1. The van der Waals surface area contributed by atoms with E-state index in [2.05, 4.69) is 17.0 Å². The molecule has 0 aromatic heterocycles. The Labute approximate surface area is 184 Å². The van der Waals surface area contributed by atoms with Crippen molar-refractivity contribution < 1.29 is 19.0 Å². The van der Waals surface area contributed by atoms with Gasteiger partial charge in [-0.15, -0.1) is 0 Å². The average Bonchev–Trinajstić information content (AvgIpc) is 3.15. The van der Waals surface area contributed by atoms with Crippen LogP contribution < -0.4 is 14.2 Å². The Balaban J connectivity index is 1.52. The van der Waals surface area contributed by atoms with Crippen LogP contribution in [0.15, 0.2) is 42.5 Å². The van der Waals surface area contributed by atoms with E-state index in [0.717, 1.165) is 31.9 Å². The number of rotatable bonds is 6. The molecule has 2 aliphatic rings. The molecule has 6 nitrogen and oxygen atoms in total. The zero-order chi connectivity index (χ0) is 21.8. The zero-order valence-electron chi connectivity index (χ0n) is 18.7. The van der Waals surface area contributed by atoms with E-state index in [1.54, 1.807) is 21.3 Å². The number of amides is 1. The van der Waals surface area contributed by atoms with Gasteiger partial charge in [0.05, 0.1) is 26.9 Å². The lowest BCUT2D eigenvalue weighted by atomic mass is 9.98. The lowest BCUT2D eigenvalue weighted by molar-refractivity contribution is 0.0769. The van der Waals surface area contributed by atoms with Crippen LogP contribution in [0.5, 0.6) is 17.2 Å². The first kappa shape index (κ1) is 21.5. The van der Waals surface area contributed by atoms with Gasteiger partial charge >= 0.3 is 0 Å². The number of ether oxygens (including phenoxy) is 3. The number of hydrogen-bond acceptors (Lipinski definition) is 5. The molecule has 0 saturated carbocycles. The van der Waals surface area contributed by atoms with Crippen molar-refractivity contribution in [2.45, 2.75) is 31.8 Å². The van der Waals surface area contributed by atoms with Gasteiger partial charge < -0.3 is 19.1 Å². The zero-order valence-corrected chi connectivity index (χ0v) is 18.7. The highest BCUT2D eigenvalue weighted by atomic mass is 16.5. The minimum Gasteiger partial charge on any atom is -0.497 e. The lowest BCUT2D eigenvalue weighted by Gasteiger charge is -2.30. The standard InChI is InChI=1S/C25H32N2O4/c1-29-20-12-10-18(11-13-20)15-26-14-5-4-7-19-16-27(17-22(19)26)25(28)21-8-6-9-23(30-2)24(21)31-3/h6,8-13,19,22H,4-5,7,14-17H2,1-3H3/t19-,22+/m0/s1. The summed E-state index contributed by atoms with van der Waals surface area (Å²) in [6, 6.07) is 14.2. The third-order valence-corrected chi connectivity index (χ3v) is 6.61. The molecule has 2 aromatic rings. The number of para-hydroxylation sites is 1. The summed E-state index contributed by atoms with van der Waals surface area (Å²) < 4.78 is 16.2. The summed E-state index contributed by atoms with van der Waals surface area (Å²) >= 11 is 0. The van der Waals surface area contributed by atoms with Gasteiger partial charge in [-0.3, -0.25) is 9.69 Å². The van der Waals surface area contributed by atoms with Crippen molar-refractivity contribution in [3.63, 3.8) is 0 Å². The monoisotopic (exact) mass is 424 g/mol. The van der Waals surface area contributed by atoms with Crippen molar-refractivity contribution in [1.29, 1.82) is 0 Å². The maximum Gasteiger partial charge on any atom is 0.257 e. The van der Waals surface area contributed by atoms with Crippen LogP contribution in [0.25, 0.3) is 0 Å². The minimum absolute atomic E-state index is 0.0215. The van der Waals surface area contributed by atoms with E-state index >= 15 is 0 Å². The molecule has 0 aliphatic carbocycles. The van der Waals surface area contributed by atoms with E-state index in [9.17, 15) is 4.79 Å². The second kappa shape index (κ2) is 9.60. The van der Waals surface area contributed by atoms with E-state index in [-0.39, 0.29) is 5.91 Å². The van der Waals surface area contributed by atoms with Crippen molar-refractivity contribution in [2.75, 3.05) is 41.0 Å². The van der Waals surface area contributed by atoms with Crippen LogP contribution in [-0.2, 0) is 6.54 Å². The highest BCUT2D eigenvalue weighted by Crippen LogP contribution is 2.35. The Morgan fingerprint density at radius 2 is 1.77 bits per heavy atom. The molecule has 1 amide bonds. The van der Waals surface area contributed by atoms with Gasteiger partial charge in [0.1, 0.15) is 5.75 Å². The van der Waals surface area contributed by atoms with Gasteiger partial charge in [0.25, 0.3) is 5.91 Å². The molecule has 0 N–H and O–H groups in total. The summed E-state index contributed by atoms with van der Waals surface area (Å²) in [6.07, 6.45) is 3.59. The fraction of sp³-hybridized carbons (Fsp3) is 0.480. The Hall–Kier alpha value is -2.73. The first-order chi connectivity index (χ1) is 15.1. The van der Waals surface area contributed by atoms with Gasteiger partial charge in [-0.2, -0.15) is 0 Å². The largest absolute Gasteiger partial charge is 0.497 e. The van der Waals surface area contributed by atoms with E-state index < -0.39 is 0 Å². The molecule has 0 spiro atoms. The molecule has 4 rings (SSSR count). The molecule has 2 fully saturated rings. The van der Waals surface area contributed by atoms with Crippen molar-refractivity contribution in [3.8, 4) is 17.2 Å². The summed E-state index contributed by atoms with van der Waals surface area (Å²) in [7, 11) is 4.87. The molecule has 2 heterocycles. The number of carbonyl (C=O) groups excluding carboxylic acids is 1.